The average molecular weight is 436 g/mol. The third kappa shape index (κ3) is 8.19. The number of benzene rings is 2. The lowest BCUT2D eigenvalue weighted by molar-refractivity contribution is -0.274. The zero-order valence-corrected chi connectivity index (χ0v) is 17.7. The molecule has 2 aromatic rings. The van der Waals surface area contributed by atoms with Gasteiger partial charge in [0, 0.05) is 37.3 Å². The van der Waals surface area contributed by atoms with Crippen molar-refractivity contribution in [2.45, 2.75) is 45.8 Å². The van der Waals surface area contributed by atoms with Crippen LogP contribution in [-0.4, -0.2) is 31.3 Å². The topological polar surface area (TPSA) is 74.8 Å². The van der Waals surface area contributed by atoms with Crippen LogP contribution < -0.4 is 20.7 Å². The molecular weight excluding hydrogens is 409 g/mol. The Morgan fingerprint density at radius 3 is 2.48 bits per heavy atom. The summed E-state index contributed by atoms with van der Waals surface area (Å²) in [4.78, 5) is 16.4. The fourth-order valence-electron chi connectivity index (χ4n) is 2.69. The monoisotopic (exact) mass is 436 g/mol. The van der Waals surface area contributed by atoms with E-state index in [1.54, 1.807) is 37.4 Å². The first-order valence-electron chi connectivity index (χ1n) is 9.89. The van der Waals surface area contributed by atoms with Gasteiger partial charge in [-0.1, -0.05) is 37.3 Å². The van der Waals surface area contributed by atoms with Gasteiger partial charge < -0.3 is 20.7 Å². The number of hydrogen-bond acceptors (Lipinski definition) is 3. The van der Waals surface area contributed by atoms with Crippen molar-refractivity contribution in [3.63, 3.8) is 0 Å². The number of rotatable bonds is 8. The maximum Gasteiger partial charge on any atom is 0.573 e. The molecule has 6 nitrogen and oxygen atoms in total. The number of ether oxygens (including phenoxy) is 1. The molecule has 0 saturated heterocycles. The number of nitrogens with zero attached hydrogens (tertiary/aromatic N) is 1. The Balaban J connectivity index is 1.95. The number of carbonyl (C=O) groups is 1. The van der Waals surface area contributed by atoms with Gasteiger partial charge in [-0.15, -0.1) is 13.2 Å². The minimum Gasteiger partial charge on any atom is -0.405 e. The molecule has 0 fully saturated rings. The molecule has 1 amide bonds. The highest BCUT2D eigenvalue weighted by Gasteiger charge is 2.31. The molecule has 1 unspecified atom stereocenters. The molecule has 0 aliphatic carbocycles. The van der Waals surface area contributed by atoms with E-state index in [0.717, 1.165) is 12.0 Å². The number of amides is 1. The van der Waals surface area contributed by atoms with E-state index in [-0.39, 0.29) is 24.2 Å². The molecule has 2 aromatic carbocycles. The van der Waals surface area contributed by atoms with Gasteiger partial charge in [0.15, 0.2) is 5.96 Å². The molecule has 0 heterocycles. The molecule has 0 bridgehead atoms. The van der Waals surface area contributed by atoms with E-state index in [1.165, 1.54) is 12.1 Å². The largest absolute Gasteiger partial charge is 0.573 e. The number of aliphatic imine (C=N–C) groups is 1. The predicted octanol–water partition coefficient (Wildman–Crippen LogP) is 3.98. The number of carbonyl (C=O) groups excluding carboxylic acids is 1. The highest BCUT2D eigenvalue weighted by Crippen LogP contribution is 2.26. The molecule has 0 spiro atoms. The second kappa shape index (κ2) is 11.2. The van der Waals surface area contributed by atoms with Crippen LogP contribution in [-0.2, 0) is 13.1 Å². The number of alkyl halides is 3. The lowest BCUT2D eigenvalue weighted by Crippen LogP contribution is -2.36. The van der Waals surface area contributed by atoms with Gasteiger partial charge in [0.25, 0.3) is 5.91 Å². The zero-order valence-electron chi connectivity index (χ0n) is 17.7. The standard InChI is InChI=1S/C22H27F3N4O2/c1-4-15(2)29-20(30)17-10-7-8-16(12-17)13-27-21(26-3)28-14-18-9-5-6-11-19(18)31-22(23,24)25/h5-12,15H,4,13-14H2,1-3H3,(H,29,30)(H2,26,27,28). The molecule has 1 atom stereocenters. The summed E-state index contributed by atoms with van der Waals surface area (Å²) >= 11 is 0. The van der Waals surface area contributed by atoms with Crippen molar-refractivity contribution in [1.82, 2.24) is 16.0 Å². The molecule has 9 heteroatoms. The Bertz CT molecular complexity index is 900. The Morgan fingerprint density at radius 2 is 1.81 bits per heavy atom. The Morgan fingerprint density at radius 1 is 1.10 bits per heavy atom. The van der Waals surface area contributed by atoms with E-state index >= 15 is 0 Å². The summed E-state index contributed by atoms with van der Waals surface area (Å²) < 4.78 is 41.8. The van der Waals surface area contributed by atoms with Crippen LogP contribution in [0, 0.1) is 0 Å². The van der Waals surface area contributed by atoms with Gasteiger partial charge in [0.2, 0.25) is 0 Å². The highest BCUT2D eigenvalue weighted by atomic mass is 19.4. The molecule has 2 rings (SSSR count). The van der Waals surface area contributed by atoms with Crippen molar-refractivity contribution >= 4 is 11.9 Å². The van der Waals surface area contributed by atoms with Crippen LogP contribution in [0.15, 0.2) is 53.5 Å². The van der Waals surface area contributed by atoms with E-state index < -0.39 is 6.36 Å². The summed E-state index contributed by atoms with van der Waals surface area (Å²) in [5, 5.41) is 8.97. The normalized spacial score (nSPS) is 12.8. The highest BCUT2D eigenvalue weighted by molar-refractivity contribution is 5.94. The molecule has 0 aromatic heterocycles. The third-order valence-corrected chi connectivity index (χ3v) is 4.51. The van der Waals surface area contributed by atoms with Crippen LogP contribution in [0.3, 0.4) is 0 Å². The fourth-order valence-corrected chi connectivity index (χ4v) is 2.69. The number of para-hydroxylation sites is 1. The van der Waals surface area contributed by atoms with Gasteiger partial charge in [0.1, 0.15) is 5.75 Å². The third-order valence-electron chi connectivity index (χ3n) is 4.51. The average Bonchev–Trinajstić information content (AvgIpc) is 2.73. The Kier molecular flexibility index (Phi) is 8.72. The van der Waals surface area contributed by atoms with Crippen molar-refractivity contribution in [2.75, 3.05) is 7.05 Å². The quantitative estimate of drug-likeness (QED) is 0.432. The second-order valence-corrected chi connectivity index (χ2v) is 6.92. The Hall–Kier alpha value is -3.23. The van der Waals surface area contributed by atoms with Crippen molar-refractivity contribution in [3.8, 4) is 5.75 Å². The molecule has 0 aliphatic rings. The predicted molar refractivity (Wildman–Crippen MR) is 114 cm³/mol. The second-order valence-electron chi connectivity index (χ2n) is 6.92. The fraction of sp³-hybridized carbons (Fsp3) is 0.364. The number of hydrogen-bond donors (Lipinski definition) is 3. The first-order chi connectivity index (χ1) is 14.7. The first-order valence-corrected chi connectivity index (χ1v) is 9.89. The molecule has 31 heavy (non-hydrogen) atoms. The van der Waals surface area contributed by atoms with Crippen molar-refractivity contribution in [3.05, 3.63) is 65.2 Å². The van der Waals surface area contributed by atoms with Crippen molar-refractivity contribution in [1.29, 1.82) is 0 Å². The van der Waals surface area contributed by atoms with E-state index in [9.17, 15) is 18.0 Å². The molecule has 3 N–H and O–H groups in total. The van der Waals surface area contributed by atoms with Crippen LogP contribution in [0.25, 0.3) is 0 Å². The van der Waals surface area contributed by atoms with Gasteiger partial charge in [-0.25, -0.2) is 0 Å². The van der Waals surface area contributed by atoms with Crippen molar-refractivity contribution < 1.29 is 22.7 Å². The first kappa shape index (κ1) is 24.0. The molecule has 0 saturated carbocycles. The maximum atomic E-state index is 12.6. The minimum absolute atomic E-state index is 0.0847. The van der Waals surface area contributed by atoms with Crippen LogP contribution in [0.1, 0.15) is 41.8 Å². The van der Waals surface area contributed by atoms with Crippen LogP contribution in [0.5, 0.6) is 5.75 Å². The minimum atomic E-state index is -4.76. The van der Waals surface area contributed by atoms with Crippen LogP contribution in [0.2, 0.25) is 0 Å². The number of halogens is 3. The molecule has 0 aliphatic heterocycles. The summed E-state index contributed by atoms with van der Waals surface area (Å²) in [5.74, 6) is -0.00535. The van der Waals surface area contributed by atoms with Gasteiger partial charge in [0.05, 0.1) is 0 Å². The molecule has 0 radical (unpaired) electrons. The SMILES string of the molecule is CCC(C)NC(=O)c1cccc(CNC(=NC)NCc2ccccc2OC(F)(F)F)c1. The number of guanidine groups is 1. The molecule has 168 valence electrons. The van der Waals surface area contributed by atoms with Gasteiger partial charge >= 0.3 is 6.36 Å². The molecular formula is C22H27F3N4O2. The number of nitrogens with one attached hydrogen (secondary N) is 3. The van der Waals surface area contributed by atoms with E-state index in [0.29, 0.717) is 23.6 Å². The summed E-state index contributed by atoms with van der Waals surface area (Å²) in [6.45, 7) is 4.41. The maximum absolute atomic E-state index is 12.6. The lowest BCUT2D eigenvalue weighted by Gasteiger charge is -2.16. The van der Waals surface area contributed by atoms with Crippen LogP contribution in [0.4, 0.5) is 13.2 Å². The summed E-state index contributed by atoms with van der Waals surface area (Å²) in [7, 11) is 1.56. The summed E-state index contributed by atoms with van der Waals surface area (Å²) in [6, 6.07) is 13.2. The van der Waals surface area contributed by atoms with E-state index in [1.807, 2.05) is 19.9 Å². The van der Waals surface area contributed by atoms with Crippen molar-refractivity contribution in [2.24, 2.45) is 4.99 Å². The zero-order chi connectivity index (χ0) is 22.9. The smallest absolute Gasteiger partial charge is 0.405 e. The van der Waals surface area contributed by atoms with E-state index in [2.05, 4.69) is 25.7 Å². The summed E-state index contributed by atoms with van der Waals surface area (Å²) in [6.07, 6.45) is -3.92. The van der Waals surface area contributed by atoms with E-state index in [4.69, 9.17) is 0 Å². The summed E-state index contributed by atoms with van der Waals surface area (Å²) in [5.41, 5.74) is 1.76. The van der Waals surface area contributed by atoms with Gasteiger partial charge in [-0.2, -0.15) is 0 Å². The van der Waals surface area contributed by atoms with Gasteiger partial charge in [-0.05, 0) is 37.1 Å². The van der Waals surface area contributed by atoms with Gasteiger partial charge in [-0.3, -0.25) is 9.79 Å². The lowest BCUT2D eigenvalue weighted by atomic mass is 10.1. The van der Waals surface area contributed by atoms with Crippen LogP contribution >= 0.6 is 0 Å². The Labute approximate surface area is 179 Å².